The minimum atomic E-state index is -2.19. The Kier molecular flexibility index (Phi) is 19.8. The van der Waals surface area contributed by atoms with E-state index in [1.165, 1.54) is 6.92 Å². The molecule has 11 atom stereocenters. The number of amides is 7. The van der Waals surface area contributed by atoms with Crippen molar-refractivity contribution in [3.63, 3.8) is 0 Å². The van der Waals surface area contributed by atoms with Gasteiger partial charge in [-0.05, 0) is 69.0 Å². The summed E-state index contributed by atoms with van der Waals surface area (Å²) < 4.78 is 21.2. The summed E-state index contributed by atoms with van der Waals surface area (Å²) in [5, 5.41) is 44.5. The largest absolute Gasteiger partial charge is 0.492 e. The maximum Gasteiger partial charge on any atom is 0.243 e. The number of nitrogens with one attached hydrogen (secondary N) is 5. The Balaban J connectivity index is 1.71. The van der Waals surface area contributed by atoms with Crippen LogP contribution in [0.4, 0.5) is 0 Å². The van der Waals surface area contributed by atoms with Gasteiger partial charge in [0.05, 0.1) is 66.5 Å². The number of aliphatic hydroxyl groups excluding tert-OH is 3. The number of ketones is 2. The number of hydrogen-bond acceptors (Lipinski definition) is 15. The van der Waals surface area contributed by atoms with Crippen LogP contribution >= 0.6 is 0 Å². The molecule has 7 amide bonds. The summed E-state index contributed by atoms with van der Waals surface area (Å²) in [4.78, 5) is 129. The average molecular weight is 1030 g/mol. The molecule has 0 aromatic heterocycles. The highest BCUT2D eigenvalue weighted by molar-refractivity contribution is 7.89. The van der Waals surface area contributed by atoms with Gasteiger partial charge in [-0.3, -0.25) is 52.3 Å². The van der Waals surface area contributed by atoms with Crippen LogP contribution in [0.2, 0.25) is 0 Å². The number of primary amides is 1. The van der Waals surface area contributed by atoms with Gasteiger partial charge < -0.3 is 57.3 Å². The maximum atomic E-state index is 15.0. The summed E-state index contributed by atoms with van der Waals surface area (Å²) in [5.41, 5.74) is 6.94. The second-order valence-electron chi connectivity index (χ2n) is 20.4. The quantitative estimate of drug-likeness (QED) is 0.115. The Morgan fingerprint density at radius 2 is 1.60 bits per heavy atom. The maximum absolute atomic E-state index is 15.0. The molecule has 5 rings (SSSR count). The van der Waals surface area contributed by atoms with E-state index < -0.39 is 175 Å². The first-order valence-electron chi connectivity index (χ1n) is 24.5. The molecule has 10 N–H and O–H groups in total. The van der Waals surface area contributed by atoms with Crippen LogP contribution in [0.15, 0.2) is 23.1 Å². The van der Waals surface area contributed by atoms with Crippen LogP contribution in [-0.4, -0.2) is 176 Å². The fraction of sp³-hybridized carbons (Fsp3) is 0.653. The van der Waals surface area contributed by atoms with Gasteiger partial charge in [0.15, 0.2) is 11.6 Å². The predicted molar refractivity (Wildman–Crippen MR) is 262 cm³/mol. The number of nitrogens with zero attached hydrogens (tertiary/aromatic N) is 2. The third-order valence-corrected chi connectivity index (χ3v) is 15.8. The molecule has 1 aliphatic carbocycles. The topological polar surface area (TPSA) is 333 Å². The molecule has 1 unspecified atom stereocenters. The van der Waals surface area contributed by atoms with Crippen LogP contribution in [0, 0.1) is 23.7 Å². The zero-order valence-electron chi connectivity index (χ0n) is 42.1. The van der Waals surface area contributed by atoms with Gasteiger partial charge in [-0.1, -0.05) is 33.3 Å². The molecule has 23 heteroatoms. The summed E-state index contributed by atoms with van der Waals surface area (Å²) >= 11 is 0. The van der Waals surface area contributed by atoms with E-state index in [1.54, 1.807) is 32.0 Å². The molecule has 0 radical (unpaired) electrons. The number of hydrogen-bond donors (Lipinski definition) is 9. The SMILES string of the molecule is CC[C@H](C)[C@@H]1NC(=O)CNC(=O)[C@H]2CC(=O)[C@H]([C@@H](C)[C@@H](O)CO)NC(=O)[C@@H]3C[C@@H](O)CN3C(=O)[C@H](CC(N)=O)CC(=O)[C@H](CS(=O)C3=C(C2)c2ccc(OCCN(C)C(C)(C)C)cc2C3)NC(=O)CNC1=O. The molecule has 1 aromatic carbocycles. The number of likely N-dealkylation sites (N-methyl/N-ethyl adjacent to an activating group) is 1. The van der Waals surface area contributed by atoms with E-state index in [-0.39, 0.29) is 29.7 Å². The van der Waals surface area contributed by atoms with E-state index in [1.807, 2.05) is 7.05 Å². The first-order chi connectivity index (χ1) is 33.8. The Labute approximate surface area is 421 Å². The third-order valence-electron chi connectivity index (χ3n) is 14.2. The Morgan fingerprint density at radius 3 is 2.24 bits per heavy atom. The van der Waals surface area contributed by atoms with Crippen molar-refractivity contribution in [2.24, 2.45) is 29.4 Å². The fourth-order valence-corrected chi connectivity index (χ4v) is 10.8. The predicted octanol–water partition coefficient (Wildman–Crippen LogP) is -2.06. The standard InChI is InChI=1S/C49H72N8O14S/c1-8-25(2)43-47(68)52-20-41(64)53-34-24-72(70)39-17-27-13-31(71-12-11-56(7)49(4,5)6)9-10-32(27)33(39)14-28(45(66)51-21-42(65)54-43)15-37(61)44(26(3)38(62)23-58)55-46(67)35-19-30(59)22-57(35)48(69)29(16-36(34)60)18-40(50)63/h9-10,13,25-26,28-30,34-35,38,43-44,58-59,62H,8,11-12,14-24H2,1-7H3,(H2,50,63)(H,51,66)(H,52,68)(H,53,64)(H,54,65)(H,55,67)/t25-,26-,28+,29-,30+,34-,35-,38-,43-,44-,72?/m0/s1. The lowest BCUT2D eigenvalue weighted by Crippen LogP contribution is -2.56. The lowest BCUT2D eigenvalue weighted by atomic mass is 9.85. The highest BCUT2D eigenvalue weighted by Gasteiger charge is 2.45. The molecule has 22 nitrogen and oxygen atoms in total. The number of aliphatic hydroxyl groups is 3. The van der Waals surface area contributed by atoms with Crippen molar-refractivity contribution in [3.05, 3.63) is 34.2 Å². The number of fused-ring (bicyclic) bond motifs is 5. The molecule has 0 spiro atoms. The van der Waals surface area contributed by atoms with Crippen molar-refractivity contribution in [1.29, 1.82) is 0 Å². The fourth-order valence-electron chi connectivity index (χ4n) is 9.27. The first-order valence-corrected chi connectivity index (χ1v) is 25.8. The number of nitrogens with two attached hydrogens (primary N) is 1. The van der Waals surface area contributed by atoms with E-state index in [4.69, 9.17) is 10.5 Å². The van der Waals surface area contributed by atoms with Gasteiger partial charge in [-0.15, -0.1) is 0 Å². The van der Waals surface area contributed by atoms with Gasteiger partial charge in [0, 0.05) is 67.5 Å². The van der Waals surface area contributed by atoms with E-state index >= 15 is 4.21 Å². The molecule has 1 aromatic rings. The van der Waals surface area contributed by atoms with Crippen LogP contribution < -0.4 is 37.1 Å². The number of Topliss-reactive ketones (excluding diaryl/α,β-unsaturated/α-hetero) is 2. The van der Waals surface area contributed by atoms with E-state index in [2.05, 4.69) is 52.3 Å². The van der Waals surface area contributed by atoms with Gasteiger partial charge >= 0.3 is 0 Å². The summed E-state index contributed by atoms with van der Waals surface area (Å²) in [6.45, 7) is 9.24. The van der Waals surface area contributed by atoms with Gasteiger partial charge in [-0.2, -0.15) is 0 Å². The lowest BCUT2D eigenvalue weighted by molar-refractivity contribution is -0.145. The Bertz CT molecular complexity index is 2320. The molecular weight excluding hydrogens is 957 g/mol. The highest BCUT2D eigenvalue weighted by atomic mass is 32.2. The van der Waals surface area contributed by atoms with E-state index in [0.717, 1.165) is 4.90 Å². The van der Waals surface area contributed by atoms with Gasteiger partial charge in [0.1, 0.15) is 24.4 Å². The summed E-state index contributed by atoms with van der Waals surface area (Å²) in [6, 6.07) is -0.799. The van der Waals surface area contributed by atoms with Crippen molar-refractivity contribution in [2.45, 2.75) is 128 Å². The normalized spacial score (nSPS) is 27.9. The summed E-state index contributed by atoms with van der Waals surface area (Å²) in [6.07, 6.45) is -5.32. The molecule has 2 bridgehead atoms. The van der Waals surface area contributed by atoms with Crippen LogP contribution in [0.25, 0.3) is 5.57 Å². The molecular formula is C49H72N8O14S. The first kappa shape index (κ1) is 57.3. The summed E-state index contributed by atoms with van der Waals surface area (Å²) in [5.74, 6) is -12.7. The Hall–Kier alpha value is -5.62. The summed E-state index contributed by atoms with van der Waals surface area (Å²) in [7, 11) is -0.227. The zero-order chi connectivity index (χ0) is 53.4. The number of ether oxygens (including phenoxy) is 1. The molecule has 4 aliphatic rings. The van der Waals surface area contributed by atoms with Crippen molar-refractivity contribution < 1.29 is 67.4 Å². The van der Waals surface area contributed by atoms with Crippen molar-refractivity contribution in [1.82, 2.24) is 36.4 Å². The third kappa shape index (κ3) is 14.5. The van der Waals surface area contributed by atoms with Gasteiger partial charge in [0.25, 0.3) is 0 Å². The van der Waals surface area contributed by atoms with Crippen molar-refractivity contribution in [3.8, 4) is 5.75 Å². The molecule has 1 fully saturated rings. The molecule has 72 heavy (non-hydrogen) atoms. The number of rotatable bonds is 11. The van der Waals surface area contributed by atoms with E-state index in [9.17, 15) is 58.5 Å². The van der Waals surface area contributed by atoms with E-state index in [0.29, 0.717) is 42.0 Å². The number of benzene rings is 1. The van der Waals surface area contributed by atoms with Crippen LogP contribution in [-0.2, 0) is 60.4 Å². The smallest absolute Gasteiger partial charge is 0.243 e. The number of carbonyl (C=O) groups excluding carboxylic acids is 9. The van der Waals surface area contributed by atoms with Crippen LogP contribution in [0.5, 0.6) is 5.75 Å². The molecule has 3 aliphatic heterocycles. The molecule has 398 valence electrons. The molecule has 3 heterocycles. The molecule has 0 saturated carbocycles. The van der Waals surface area contributed by atoms with Gasteiger partial charge in [-0.25, -0.2) is 0 Å². The lowest BCUT2D eigenvalue weighted by Gasteiger charge is -2.32. The number of carbonyl (C=O) groups is 9. The van der Waals surface area contributed by atoms with Crippen LogP contribution in [0.3, 0.4) is 0 Å². The second-order valence-corrected chi connectivity index (χ2v) is 22.0. The number of allylic oxidation sites excluding steroid dienone is 2. The molecule has 1 saturated heterocycles. The van der Waals surface area contributed by atoms with Gasteiger partial charge in [0.2, 0.25) is 41.4 Å². The van der Waals surface area contributed by atoms with Crippen molar-refractivity contribution in [2.75, 3.05) is 52.2 Å². The average Bonchev–Trinajstić information content (AvgIpc) is 3.90. The van der Waals surface area contributed by atoms with Crippen molar-refractivity contribution >= 4 is 69.3 Å². The minimum Gasteiger partial charge on any atom is -0.492 e. The second kappa shape index (κ2) is 24.9. The van der Waals surface area contributed by atoms with Crippen LogP contribution in [0.1, 0.15) is 91.2 Å². The zero-order valence-corrected chi connectivity index (χ0v) is 42.9. The minimum absolute atomic E-state index is 0.0111. The monoisotopic (exact) mass is 1030 g/mol. The Morgan fingerprint density at radius 1 is 0.931 bits per heavy atom. The highest BCUT2D eigenvalue weighted by Crippen LogP contribution is 2.41.